The van der Waals surface area contributed by atoms with Crippen LogP contribution in [-0.2, 0) is 11.3 Å². The van der Waals surface area contributed by atoms with Gasteiger partial charge >= 0.3 is 0 Å². The maximum atomic E-state index is 12.0. The highest BCUT2D eigenvalue weighted by Gasteiger charge is 2.40. The van der Waals surface area contributed by atoms with E-state index in [4.69, 9.17) is 4.74 Å². The molecule has 28 heavy (non-hydrogen) atoms. The van der Waals surface area contributed by atoms with Crippen molar-refractivity contribution in [3.05, 3.63) is 52.7 Å². The molecule has 2 aromatic rings. The maximum Gasteiger partial charge on any atom is 0.219 e. The summed E-state index contributed by atoms with van der Waals surface area (Å²) in [5, 5.41) is 4.42. The topological polar surface area (TPSA) is 32.8 Å². The Balaban J connectivity index is 1.34. The molecule has 2 aliphatic rings. The lowest BCUT2D eigenvalue weighted by Gasteiger charge is -2.36. The summed E-state index contributed by atoms with van der Waals surface area (Å²) in [6, 6.07) is 12.3. The molecular weight excluding hydrogens is 368 g/mol. The highest BCUT2D eigenvalue weighted by Crippen LogP contribution is 2.36. The first-order valence-corrected chi connectivity index (χ1v) is 11.3. The summed E-state index contributed by atoms with van der Waals surface area (Å²) in [6.45, 7) is 7.51. The number of thiophene rings is 1. The van der Waals surface area contributed by atoms with Crippen molar-refractivity contribution in [1.29, 1.82) is 0 Å². The molecule has 4 nitrogen and oxygen atoms in total. The number of benzene rings is 1. The quantitative estimate of drug-likeness (QED) is 0.733. The summed E-state index contributed by atoms with van der Waals surface area (Å²) in [5.41, 5.74) is 1.43. The Hall–Kier alpha value is -1.85. The highest BCUT2D eigenvalue weighted by atomic mass is 32.1. The van der Waals surface area contributed by atoms with Crippen LogP contribution in [0.2, 0.25) is 0 Å². The fourth-order valence-corrected chi connectivity index (χ4v) is 5.42. The van der Waals surface area contributed by atoms with Crippen molar-refractivity contribution in [1.82, 2.24) is 9.80 Å². The van der Waals surface area contributed by atoms with Crippen LogP contribution in [-0.4, -0.2) is 48.5 Å². The number of nitrogens with zero attached hydrogens (tertiary/aromatic N) is 2. The molecule has 3 heterocycles. The van der Waals surface area contributed by atoms with Crippen molar-refractivity contribution in [3.8, 4) is 5.75 Å². The van der Waals surface area contributed by atoms with E-state index in [1.807, 2.05) is 35.2 Å². The number of hydrogen-bond donors (Lipinski definition) is 0. The summed E-state index contributed by atoms with van der Waals surface area (Å²) in [4.78, 5) is 16.6. The highest BCUT2D eigenvalue weighted by molar-refractivity contribution is 7.07. The van der Waals surface area contributed by atoms with E-state index in [1.54, 1.807) is 18.3 Å². The fraction of sp³-hybridized carbons (Fsp3) is 0.522. The number of amides is 1. The molecule has 0 unspecified atom stereocenters. The molecule has 1 aromatic heterocycles. The summed E-state index contributed by atoms with van der Waals surface area (Å²) < 4.78 is 6.08. The minimum absolute atomic E-state index is 0.196. The Kier molecular flexibility index (Phi) is 6.33. The molecule has 5 heteroatoms. The van der Waals surface area contributed by atoms with Gasteiger partial charge in [-0.2, -0.15) is 11.3 Å². The van der Waals surface area contributed by atoms with Crippen molar-refractivity contribution >= 4 is 17.2 Å². The summed E-state index contributed by atoms with van der Waals surface area (Å²) in [5.74, 6) is 2.79. The second kappa shape index (κ2) is 9.10. The first-order valence-electron chi connectivity index (χ1n) is 10.4. The molecule has 0 saturated carbocycles. The van der Waals surface area contributed by atoms with Gasteiger partial charge in [-0.1, -0.05) is 18.2 Å². The van der Waals surface area contributed by atoms with Gasteiger partial charge in [0, 0.05) is 32.5 Å². The van der Waals surface area contributed by atoms with Gasteiger partial charge in [0.1, 0.15) is 5.75 Å². The third-order valence-corrected chi connectivity index (χ3v) is 7.10. The lowest BCUT2D eigenvalue weighted by molar-refractivity contribution is -0.128. The van der Waals surface area contributed by atoms with E-state index in [2.05, 4.69) is 21.7 Å². The Morgan fingerprint density at radius 1 is 1.14 bits per heavy atom. The zero-order valence-corrected chi connectivity index (χ0v) is 17.4. The monoisotopic (exact) mass is 398 g/mol. The van der Waals surface area contributed by atoms with E-state index in [1.165, 1.54) is 18.4 Å². The van der Waals surface area contributed by atoms with E-state index in [0.29, 0.717) is 24.4 Å². The zero-order valence-electron chi connectivity index (χ0n) is 16.6. The number of likely N-dealkylation sites (tertiary alicyclic amines) is 2. The van der Waals surface area contributed by atoms with Crippen molar-refractivity contribution < 1.29 is 9.53 Å². The van der Waals surface area contributed by atoms with Gasteiger partial charge in [0.05, 0.1) is 6.61 Å². The predicted octanol–water partition coefficient (Wildman–Crippen LogP) is 4.13. The third-order valence-electron chi connectivity index (χ3n) is 6.37. The lowest BCUT2D eigenvalue weighted by atomic mass is 9.78. The smallest absolute Gasteiger partial charge is 0.219 e. The van der Waals surface area contributed by atoms with Crippen LogP contribution in [0, 0.1) is 17.8 Å². The normalized spacial score (nSPS) is 23.8. The number of hydrogen-bond acceptors (Lipinski definition) is 4. The SMILES string of the molecule is CC(=O)N1C[C@@H](COc2ccccc2)[C@H](C2CCN(Cc3ccsc3)CC2)C1. The minimum Gasteiger partial charge on any atom is -0.493 e. The molecule has 0 aliphatic carbocycles. The molecule has 0 spiro atoms. The van der Waals surface area contributed by atoms with Gasteiger partial charge in [-0.25, -0.2) is 0 Å². The molecule has 0 bridgehead atoms. The second-order valence-electron chi connectivity index (χ2n) is 8.22. The van der Waals surface area contributed by atoms with Gasteiger partial charge in [0.15, 0.2) is 0 Å². The van der Waals surface area contributed by atoms with Crippen molar-refractivity contribution in [2.75, 3.05) is 32.8 Å². The largest absolute Gasteiger partial charge is 0.493 e. The van der Waals surface area contributed by atoms with E-state index >= 15 is 0 Å². The van der Waals surface area contributed by atoms with E-state index in [0.717, 1.165) is 38.5 Å². The van der Waals surface area contributed by atoms with E-state index in [-0.39, 0.29) is 5.91 Å². The fourth-order valence-electron chi connectivity index (χ4n) is 4.76. The van der Waals surface area contributed by atoms with Crippen LogP contribution in [0.3, 0.4) is 0 Å². The molecule has 0 N–H and O–H groups in total. The van der Waals surface area contributed by atoms with Gasteiger partial charge in [-0.3, -0.25) is 9.69 Å². The summed E-state index contributed by atoms with van der Waals surface area (Å²) >= 11 is 1.78. The van der Waals surface area contributed by atoms with Crippen molar-refractivity contribution in [3.63, 3.8) is 0 Å². The number of carbonyl (C=O) groups excluding carboxylic acids is 1. The van der Waals surface area contributed by atoms with Crippen LogP contribution >= 0.6 is 11.3 Å². The van der Waals surface area contributed by atoms with E-state index in [9.17, 15) is 4.79 Å². The standard InChI is InChI=1S/C23H30N2O2S/c1-18(26)25-14-21(16-27-22-5-3-2-4-6-22)23(15-25)20-7-10-24(11-8-20)13-19-9-12-28-17-19/h2-6,9,12,17,20-21,23H,7-8,10-11,13-16H2,1H3/t21-,23-/m0/s1. The Labute approximate surface area is 172 Å². The predicted molar refractivity (Wildman–Crippen MR) is 113 cm³/mol. The number of piperidine rings is 1. The van der Waals surface area contributed by atoms with Crippen LogP contribution in [0.15, 0.2) is 47.2 Å². The number of rotatable bonds is 6. The number of carbonyl (C=O) groups is 1. The van der Waals surface area contributed by atoms with Gasteiger partial charge in [-0.05, 0) is 72.3 Å². The second-order valence-corrected chi connectivity index (χ2v) is 9.00. The molecule has 1 aromatic carbocycles. The van der Waals surface area contributed by atoms with Crippen LogP contribution in [0.25, 0.3) is 0 Å². The third kappa shape index (κ3) is 4.76. The lowest BCUT2D eigenvalue weighted by Crippen LogP contribution is -2.38. The molecule has 2 aliphatic heterocycles. The molecule has 2 fully saturated rings. The van der Waals surface area contributed by atoms with Crippen LogP contribution in [0.4, 0.5) is 0 Å². The van der Waals surface area contributed by atoms with Crippen LogP contribution in [0.1, 0.15) is 25.3 Å². The summed E-state index contributed by atoms with van der Waals surface area (Å²) in [7, 11) is 0. The maximum absolute atomic E-state index is 12.0. The van der Waals surface area contributed by atoms with E-state index < -0.39 is 0 Å². The molecular formula is C23H30N2O2S. The number of para-hydroxylation sites is 1. The Morgan fingerprint density at radius 3 is 2.61 bits per heavy atom. The van der Waals surface area contributed by atoms with Crippen LogP contribution in [0.5, 0.6) is 5.75 Å². The summed E-state index contributed by atoms with van der Waals surface area (Å²) in [6.07, 6.45) is 2.45. The van der Waals surface area contributed by atoms with Gasteiger partial charge in [-0.15, -0.1) is 0 Å². The zero-order chi connectivity index (χ0) is 19.3. The Bertz CT molecular complexity index is 741. The van der Waals surface area contributed by atoms with Gasteiger partial charge in [0.2, 0.25) is 5.91 Å². The van der Waals surface area contributed by atoms with Crippen molar-refractivity contribution in [2.24, 2.45) is 17.8 Å². The molecule has 1 amide bonds. The van der Waals surface area contributed by atoms with Crippen LogP contribution < -0.4 is 4.74 Å². The minimum atomic E-state index is 0.196. The van der Waals surface area contributed by atoms with Gasteiger partial charge in [0.25, 0.3) is 0 Å². The average molecular weight is 399 g/mol. The molecule has 2 saturated heterocycles. The van der Waals surface area contributed by atoms with Crippen molar-refractivity contribution in [2.45, 2.75) is 26.3 Å². The first-order chi connectivity index (χ1) is 13.7. The molecule has 2 atom stereocenters. The Morgan fingerprint density at radius 2 is 1.93 bits per heavy atom. The molecule has 150 valence electrons. The van der Waals surface area contributed by atoms with Gasteiger partial charge < -0.3 is 9.64 Å². The number of ether oxygens (including phenoxy) is 1. The first kappa shape index (κ1) is 19.5. The molecule has 4 rings (SSSR count). The molecule has 0 radical (unpaired) electrons. The average Bonchev–Trinajstić information content (AvgIpc) is 3.38.